The molecule has 4 heterocycles. The van der Waals surface area contributed by atoms with Gasteiger partial charge in [-0.15, -0.1) is 0 Å². The Morgan fingerprint density at radius 1 is 0.778 bits per heavy atom. The number of pyridine rings is 3. The van der Waals surface area contributed by atoms with Crippen LogP contribution in [0.3, 0.4) is 0 Å². The van der Waals surface area contributed by atoms with Gasteiger partial charge in [0.1, 0.15) is 5.65 Å². The van der Waals surface area contributed by atoms with E-state index in [2.05, 4.69) is 65.0 Å². The summed E-state index contributed by atoms with van der Waals surface area (Å²) in [6, 6.07) is 18.8. The smallest absolute Gasteiger partial charge is 0.145 e. The Balaban J connectivity index is 1.48. The Labute approximate surface area is 157 Å². The molecule has 0 spiro atoms. The van der Waals surface area contributed by atoms with Crippen molar-refractivity contribution in [2.45, 2.75) is 26.7 Å². The van der Waals surface area contributed by atoms with Crippen molar-refractivity contribution in [1.82, 2.24) is 19.4 Å². The van der Waals surface area contributed by atoms with Crippen molar-refractivity contribution in [2.75, 3.05) is 0 Å². The second-order valence-electron chi connectivity index (χ2n) is 7.03. The van der Waals surface area contributed by atoms with Crippen LogP contribution < -0.4 is 0 Å². The first kappa shape index (κ1) is 15.9. The van der Waals surface area contributed by atoms with Crippen LogP contribution in [-0.2, 0) is 12.8 Å². The van der Waals surface area contributed by atoms with Gasteiger partial charge in [-0.2, -0.15) is 0 Å². The van der Waals surface area contributed by atoms with E-state index >= 15 is 0 Å². The number of nitrogens with zero attached hydrogens (tertiary/aromatic N) is 4. The Hall–Kier alpha value is -3.27. The van der Waals surface area contributed by atoms with Crippen LogP contribution in [0.5, 0.6) is 0 Å². The third-order valence-electron chi connectivity index (χ3n) is 5.21. The van der Waals surface area contributed by atoms with E-state index in [1.54, 1.807) is 0 Å². The van der Waals surface area contributed by atoms with E-state index in [4.69, 9.17) is 9.97 Å². The highest BCUT2D eigenvalue weighted by Crippen LogP contribution is 2.23. The van der Waals surface area contributed by atoms with Crippen molar-refractivity contribution in [3.63, 3.8) is 0 Å². The Morgan fingerprint density at radius 3 is 2.52 bits per heavy atom. The number of hydrogen-bond donors (Lipinski definition) is 0. The Kier molecular flexibility index (Phi) is 3.64. The number of hydrogen-bond acceptors (Lipinski definition) is 3. The predicted octanol–water partition coefficient (Wildman–Crippen LogP) is 4.83. The first-order valence-electron chi connectivity index (χ1n) is 9.27. The molecule has 0 saturated heterocycles. The Morgan fingerprint density at radius 2 is 1.59 bits per heavy atom. The molecule has 0 radical (unpaired) electrons. The van der Waals surface area contributed by atoms with Gasteiger partial charge in [0.2, 0.25) is 0 Å². The van der Waals surface area contributed by atoms with Crippen LogP contribution in [0, 0.1) is 13.8 Å². The maximum absolute atomic E-state index is 4.95. The van der Waals surface area contributed by atoms with Gasteiger partial charge in [0, 0.05) is 28.7 Å². The van der Waals surface area contributed by atoms with Crippen LogP contribution in [-0.4, -0.2) is 19.4 Å². The van der Waals surface area contributed by atoms with Crippen LogP contribution in [0.25, 0.3) is 27.5 Å². The maximum atomic E-state index is 4.95. The molecule has 0 atom stereocenters. The lowest BCUT2D eigenvalue weighted by molar-refractivity contribution is 0.884. The summed E-state index contributed by atoms with van der Waals surface area (Å²) >= 11 is 0. The topological polar surface area (TPSA) is 43.1 Å². The van der Waals surface area contributed by atoms with E-state index in [9.17, 15) is 0 Å². The average Bonchev–Trinajstić information content (AvgIpc) is 3.02. The standard InChI is InChI=1S/C23H20N4/c1-15-7-10-22-21(24-15)12-9-18(25-22)8-11-20-16(2)27-14-13-17-5-3-4-6-19(17)23(27)26-20/h3-7,9-10,12-14H,8,11H2,1-2H3. The van der Waals surface area contributed by atoms with Gasteiger partial charge in [-0.3, -0.25) is 9.97 Å². The van der Waals surface area contributed by atoms with E-state index in [0.717, 1.165) is 46.6 Å². The molecule has 4 nitrogen and oxygen atoms in total. The van der Waals surface area contributed by atoms with Crippen LogP contribution in [0.2, 0.25) is 0 Å². The van der Waals surface area contributed by atoms with Crippen LogP contribution in [0.1, 0.15) is 22.8 Å². The summed E-state index contributed by atoms with van der Waals surface area (Å²) in [7, 11) is 0. The van der Waals surface area contributed by atoms with Gasteiger partial charge in [-0.1, -0.05) is 24.3 Å². The normalized spacial score (nSPS) is 11.6. The van der Waals surface area contributed by atoms with Gasteiger partial charge in [-0.05, 0) is 62.4 Å². The van der Waals surface area contributed by atoms with Gasteiger partial charge >= 0.3 is 0 Å². The molecule has 0 unspecified atom stereocenters. The molecule has 4 heteroatoms. The fraction of sp³-hybridized carbons (Fsp3) is 0.174. The lowest BCUT2D eigenvalue weighted by Gasteiger charge is -2.03. The average molecular weight is 352 g/mol. The van der Waals surface area contributed by atoms with Crippen molar-refractivity contribution in [1.29, 1.82) is 0 Å². The highest BCUT2D eigenvalue weighted by molar-refractivity contribution is 5.94. The fourth-order valence-electron chi connectivity index (χ4n) is 3.71. The van der Waals surface area contributed by atoms with Crippen LogP contribution in [0.15, 0.2) is 60.8 Å². The summed E-state index contributed by atoms with van der Waals surface area (Å²) < 4.78 is 2.19. The number of rotatable bonds is 3. The number of aryl methyl sites for hydroxylation is 4. The quantitative estimate of drug-likeness (QED) is 0.467. The number of aromatic nitrogens is 4. The van der Waals surface area contributed by atoms with Crippen molar-refractivity contribution >= 4 is 27.5 Å². The molecule has 0 fully saturated rings. The zero-order valence-electron chi connectivity index (χ0n) is 15.5. The highest BCUT2D eigenvalue weighted by Gasteiger charge is 2.11. The molecule has 0 aliphatic rings. The highest BCUT2D eigenvalue weighted by atomic mass is 15.0. The number of imidazole rings is 1. The van der Waals surface area contributed by atoms with Crippen LogP contribution in [0.4, 0.5) is 0 Å². The fourth-order valence-corrected chi connectivity index (χ4v) is 3.71. The Bertz CT molecular complexity index is 1300. The molecule has 1 aromatic carbocycles. The van der Waals surface area contributed by atoms with Crippen LogP contribution >= 0.6 is 0 Å². The lowest BCUT2D eigenvalue weighted by atomic mass is 10.1. The first-order chi connectivity index (χ1) is 13.2. The summed E-state index contributed by atoms with van der Waals surface area (Å²) in [5.41, 5.74) is 7.37. The molecule has 5 rings (SSSR count). The molecule has 0 saturated carbocycles. The van der Waals surface area contributed by atoms with E-state index < -0.39 is 0 Å². The van der Waals surface area contributed by atoms with Crippen molar-refractivity contribution in [3.8, 4) is 0 Å². The molecule has 0 amide bonds. The van der Waals surface area contributed by atoms with Crippen molar-refractivity contribution in [3.05, 3.63) is 83.6 Å². The van der Waals surface area contributed by atoms with Gasteiger partial charge in [0.05, 0.1) is 16.7 Å². The molecule has 0 aliphatic heterocycles. The van der Waals surface area contributed by atoms with E-state index in [0.29, 0.717) is 0 Å². The van der Waals surface area contributed by atoms with Gasteiger partial charge in [0.15, 0.2) is 0 Å². The zero-order valence-corrected chi connectivity index (χ0v) is 15.5. The second kappa shape index (κ2) is 6.16. The summed E-state index contributed by atoms with van der Waals surface area (Å²) in [5, 5.41) is 2.42. The minimum Gasteiger partial charge on any atom is -0.304 e. The molecular formula is C23H20N4. The van der Waals surface area contributed by atoms with Gasteiger partial charge in [-0.25, -0.2) is 4.98 Å². The third kappa shape index (κ3) is 2.74. The minimum atomic E-state index is 0.868. The zero-order chi connectivity index (χ0) is 18.4. The van der Waals surface area contributed by atoms with Gasteiger partial charge < -0.3 is 4.40 Å². The largest absolute Gasteiger partial charge is 0.304 e. The minimum absolute atomic E-state index is 0.868. The molecule has 5 aromatic rings. The summed E-state index contributed by atoms with van der Waals surface area (Å²) in [6.07, 6.45) is 3.86. The monoisotopic (exact) mass is 352 g/mol. The lowest BCUT2D eigenvalue weighted by Crippen LogP contribution is -1.98. The molecule has 0 aliphatic carbocycles. The van der Waals surface area contributed by atoms with E-state index in [1.165, 1.54) is 16.5 Å². The van der Waals surface area contributed by atoms with Gasteiger partial charge in [0.25, 0.3) is 0 Å². The summed E-state index contributed by atoms with van der Waals surface area (Å²) in [6.45, 7) is 4.15. The third-order valence-corrected chi connectivity index (χ3v) is 5.21. The molecule has 4 aromatic heterocycles. The summed E-state index contributed by atoms with van der Waals surface area (Å²) in [5.74, 6) is 0. The van der Waals surface area contributed by atoms with Crippen molar-refractivity contribution in [2.24, 2.45) is 0 Å². The molecule has 0 N–H and O–H groups in total. The molecule has 0 bridgehead atoms. The van der Waals surface area contributed by atoms with Crippen molar-refractivity contribution < 1.29 is 0 Å². The first-order valence-corrected chi connectivity index (χ1v) is 9.27. The SMILES string of the molecule is Cc1ccc2nc(CCc3nc4c5ccccc5ccn4c3C)ccc2n1. The predicted molar refractivity (Wildman–Crippen MR) is 109 cm³/mol. The summed E-state index contributed by atoms with van der Waals surface area (Å²) in [4.78, 5) is 14.2. The molecular weight excluding hydrogens is 332 g/mol. The second-order valence-corrected chi connectivity index (χ2v) is 7.03. The van der Waals surface area contributed by atoms with E-state index in [1.807, 2.05) is 19.1 Å². The van der Waals surface area contributed by atoms with E-state index in [-0.39, 0.29) is 0 Å². The molecule has 132 valence electrons. The number of benzene rings is 1. The molecule has 27 heavy (non-hydrogen) atoms. The number of fused-ring (bicyclic) bond motifs is 4. The maximum Gasteiger partial charge on any atom is 0.145 e.